The summed E-state index contributed by atoms with van der Waals surface area (Å²) in [5.41, 5.74) is 1.01. The summed E-state index contributed by atoms with van der Waals surface area (Å²) in [5.74, 6) is 0. The van der Waals surface area contributed by atoms with Gasteiger partial charge in [0.15, 0.2) is 0 Å². The first-order valence-corrected chi connectivity index (χ1v) is 5.41. The second-order valence-corrected chi connectivity index (χ2v) is 3.98. The standard InChI is InChI=1S/C11H14ClNO2/c12-10-3-1-2-4-11(10)13-5-6-15-9(7-13)8-14/h1-4,9,14H,5-8H2. The predicted molar refractivity (Wildman–Crippen MR) is 60.5 cm³/mol. The maximum atomic E-state index is 9.04. The van der Waals surface area contributed by atoms with Crippen LogP contribution in [0.15, 0.2) is 24.3 Å². The molecule has 3 nitrogen and oxygen atoms in total. The first kappa shape index (κ1) is 10.7. The van der Waals surface area contributed by atoms with E-state index in [9.17, 15) is 0 Å². The lowest BCUT2D eigenvalue weighted by molar-refractivity contribution is 0.00357. The van der Waals surface area contributed by atoms with Gasteiger partial charge in [-0.2, -0.15) is 0 Å². The van der Waals surface area contributed by atoms with Gasteiger partial charge in [-0.3, -0.25) is 0 Å². The monoisotopic (exact) mass is 227 g/mol. The van der Waals surface area contributed by atoms with E-state index in [-0.39, 0.29) is 12.7 Å². The van der Waals surface area contributed by atoms with Crippen molar-refractivity contribution in [3.8, 4) is 0 Å². The van der Waals surface area contributed by atoms with Gasteiger partial charge in [0.1, 0.15) is 0 Å². The van der Waals surface area contributed by atoms with Crippen LogP contribution in [0.1, 0.15) is 0 Å². The lowest BCUT2D eigenvalue weighted by Gasteiger charge is -2.34. The smallest absolute Gasteiger partial charge is 0.0980 e. The molecule has 0 amide bonds. The molecule has 0 saturated carbocycles. The fourth-order valence-electron chi connectivity index (χ4n) is 1.76. The number of aliphatic hydroxyl groups is 1. The number of hydrogen-bond donors (Lipinski definition) is 1. The van der Waals surface area contributed by atoms with Crippen molar-refractivity contribution in [1.29, 1.82) is 0 Å². The van der Waals surface area contributed by atoms with Gasteiger partial charge in [0.05, 0.1) is 30.0 Å². The van der Waals surface area contributed by atoms with Crippen LogP contribution in [0.25, 0.3) is 0 Å². The number of benzene rings is 1. The van der Waals surface area contributed by atoms with Crippen LogP contribution in [0.4, 0.5) is 5.69 Å². The number of anilines is 1. The van der Waals surface area contributed by atoms with E-state index in [0.29, 0.717) is 13.2 Å². The molecule has 1 heterocycles. The quantitative estimate of drug-likeness (QED) is 0.832. The first-order chi connectivity index (χ1) is 7.31. The summed E-state index contributed by atoms with van der Waals surface area (Å²) in [6.45, 7) is 2.21. The molecule has 1 unspecified atom stereocenters. The molecule has 0 spiro atoms. The van der Waals surface area contributed by atoms with Crippen LogP contribution >= 0.6 is 11.6 Å². The van der Waals surface area contributed by atoms with Crippen molar-refractivity contribution in [2.24, 2.45) is 0 Å². The minimum Gasteiger partial charge on any atom is -0.394 e. The zero-order valence-corrected chi connectivity index (χ0v) is 9.15. The van der Waals surface area contributed by atoms with Gasteiger partial charge in [0.25, 0.3) is 0 Å². The second kappa shape index (κ2) is 4.84. The van der Waals surface area contributed by atoms with Crippen LogP contribution in [0.5, 0.6) is 0 Å². The minimum atomic E-state index is -0.102. The molecule has 1 saturated heterocycles. The fraction of sp³-hybridized carbons (Fsp3) is 0.455. The van der Waals surface area contributed by atoms with E-state index >= 15 is 0 Å². The molecule has 1 atom stereocenters. The average Bonchev–Trinajstić information content (AvgIpc) is 2.30. The second-order valence-electron chi connectivity index (χ2n) is 3.57. The lowest BCUT2D eigenvalue weighted by atomic mass is 10.2. The Morgan fingerprint density at radius 3 is 3.00 bits per heavy atom. The third-order valence-corrected chi connectivity index (χ3v) is 2.86. The molecule has 2 rings (SSSR count). The van der Waals surface area contributed by atoms with Gasteiger partial charge in [0, 0.05) is 13.1 Å². The van der Waals surface area contributed by atoms with Gasteiger partial charge in [0.2, 0.25) is 0 Å². The highest BCUT2D eigenvalue weighted by Crippen LogP contribution is 2.26. The van der Waals surface area contributed by atoms with Crippen molar-refractivity contribution in [3.63, 3.8) is 0 Å². The summed E-state index contributed by atoms with van der Waals surface area (Å²) in [6.07, 6.45) is -0.102. The van der Waals surface area contributed by atoms with Crippen molar-refractivity contribution < 1.29 is 9.84 Å². The molecule has 1 aliphatic heterocycles. The Kier molecular flexibility index (Phi) is 3.46. The summed E-state index contributed by atoms with van der Waals surface area (Å²) in [6, 6.07) is 7.74. The Morgan fingerprint density at radius 1 is 1.47 bits per heavy atom. The summed E-state index contributed by atoms with van der Waals surface area (Å²) in [5, 5.41) is 9.79. The van der Waals surface area contributed by atoms with E-state index in [4.69, 9.17) is 21.4 Å². The molecule has 1 N–H and O–H groups in total. The normalized spacial score (nSPS) is 21.7. The van der Waals surface area contributed by atoms with Gasteiger partial charge in [-0.1, -0.05) is 23.7 Å². The highest BCUT2D eigenvalue weighted by Gasteiger charge is 2.20. The highest BCUT2D eigenvalue weighted by atomic mass is 35.5. The van der Waals surface area contributed by atoms with Gasteiger partial charge in [-0.05, 0) is 12.1 Å². The molecule has 0 aromatic heterocycles. The van der Waals surface area contributed by atoms with E-state index < -0.39 is 0 Å². The molecule has 1 aliphatic rings. The molecule has 0 radical (unpaired) electrons. The third-order valence-electron chi connectivity index (χ3n) is 2.54. The Balaban J connectivity index is 2.13. The number of nitrogens with zero attached hydrogens (tertiary/aromatic N) is 1. The lowest BCUT2D eigenvalue weighted by Crippen LogP contribution is -2.44. The summed E-state index contributed by atoms with van der Waals surface area (Å²) < 4.78 is 5.38. The van der Waals surface area contributed by atoms with Crippen molar-refractivity contribution in [2.45, 2.75) is 6.10 Å². The van der Waals surface area contributed by atoms with Gasteiger partial charge in [-0.15, -0.1) is 0 Å². The van der Waals surface area contributed by atoms with Crippen LogP contribution in [0.3, 0.4) is 0 Å². The molecular weight excluding hydrogens is 214 g/mol. The number of rotatable bonds is 2. The Bertz CT molecular complexity index is 332. The van der Waals surface area contributed by atoms with Crippen LogP contribution in [-0.4, -0.2) is 37.5 Å². The van der Waals surface area contributed by atoms with Crippen molar-refractivity contribution in [3.05, 3.63) is 29.3 Å². The maximum absolute atomic E-state index is 9.04. The molecule has 1 aromatic carbocycles. The molecule has 1 fully saturated rings. The number of hydrogen-bond acceptors (Lipinski definition) is 3. The zero-order valence-electron chi connectivity index (χ0n) is 8.40. The predicted octanol–water partition coefficient (Wildman–Crippen LogP) is 1.54. The summed E-state index contributed by atoms with van der Waals surface area (Å²) in [4.78, 5) is 2.15. The van der Waals surface area contributed by atoms with Crippen LogP contribution in [0, 0.1) is 0 Å². The number of halogens is 1. The molecule has 82 valence electrons. The Hall–Kier alpha value is -0.770. The Morgan fingerprint density at radius 2 is 2.27 bits per heavy atom. The molecule has 0 aliphatic carbocycles. The molecule has 0 bridgehead atoms. The Labute approximate surface area is 94.2 Å². The molecule has 15 heavy (non-hydrogen) atoms. The van der Waals surface area contributed by atoms with Crippen LogP contribution in [-0.2, 0) is 4.74 Å². The minimum absolute atomic E-state index is 0.0565. The largest absolute Gasteiger partial charge is 0.394 e. The van der Waals surface area contributed by atoms with Crippen molar-refractivity contribution in [1.82, 2.24) is 0 Å². The van der Waals surface area contributed by atoms with Gasteiger partial charge in [-0.25, -0.2) is 0 Å². The average molecular weight is 228 g/mol. The molecular formula is C11H14ClNO2. The van der Waals surface area contributed by atoms with Crippen molar-refractivity contribution in [2.75, 3.05) is 31.2 Å². The van der Waals surface area contributed by atoms with E-state index in [0.717, 1.165) is 17.3 Å². The van der Waals surface area contributed by atoms with Crippen LogP contribution in [0.2, 0.25) is 5.02 Å². The van der Waals surface area contributed by atoms with E-state index in [1.807, 2.05) is 24.3 Å². The van der Waals surface area contributed by atoms with Gasteiger partial charge >= 0.3 is 0 Å². The van der Waals surface area contributed by atoms with Crippen molar-refractivity contribution >= 4 is 17.3 Å². The molecule has 4 heteroatoms. The fourth-order valence-corrected chi connectivity index (χ4v) is 2.01. The van der Waals surface area contributed by atoms with Gasteiger partial charge < -0.3 is 14.7 Å². The summed E-state index contributed by atoms with van der Waals surface area (Å²) >= 11 is 6.10. The first-order valence-electron chi connectivity index (χ1n) is 5.03. The summed E-state index contributed by atoms with van der Waals surface area (Å²) in [7, 11) is 0. The number of morpholine rings is 1. The van der Waals surface area contributed by atoms with E-state index in [1.165, 1.54) is 0 Å². The number of ether oxygens (including phenoxy) is 1. The zero-order chi connectivity index (χ0) is 10.7. The maximum Gasteiger partial charge on any atom is 0.0980 e. The SMILES string of the molecule is OCC1CN(c2ccccc2Cl)CCO1. The number of aliphatic hydroxyl groups excluding tert-OH is 1. The topological polar surface area (TPSA) is 32.7 Å². The molecule has 1 aromatic rings. The third kappa shape index (κ3) is 2.43. The van der Waals surface area contributed by atoms with Crippen LogP contribution < -0.4 is 4.90 Å². The van der Waals surface area contributed by atoms with E-state index in [1.54, 1.807) is 0 Å². The van der Waals surface area contributed by atoms with E-state index in [2.05, 4.69) is 4.90 Å². The number of para-hydroxylation sites is 1. The highest BCUT2D eigenvalue weighted by molar-refractivity contribution is 6.33.